The van der Waals surface area contributed by atoms with Crippen molar-refractivity contribution in [2.75, 3.05) is 0 Å². The van der Waals surface area contributed by atoms with Gasteiger partial charge >= 0.3 is 0 Å². The highest BCUT2D eigenvalue weighted by molar-refractivity contribution is 7.14. The van der Waals surface area contributed by atoms with Gasteiger partial charge in [-0.2, -0.15) is 0 Å². The Labute approximate surface area is 172 Å². The summed E-state index contributed by atoms with van der Waals surface area (Å²) in [5.41, 5.74) is 5.21. The Kier molecular flexibility index (Phi) is 5.26. The minimum Gasteiger partial charge on any atom is -0.384 e. The van der Waals surface area contributed by atoms with Crippen LogP contribution in [-0.2, 0) is 0 Å². The molecule has 29 heavy (non-hydrogen) atoms. The number of hydrogen-bond donors (Lipinski definition) is 1. The molecule has 0 aliphatic carbocycles. The van der Waals surface area contributed by atoms with Crippen LogP contribution < -0.4 is 0 Å². The lowest BCUT2D eigenvalue weighted by Crippen LogP contribution is -2.03. The van der Waals surface area contributed by atoms with Gasteiger partial charge in [-0.15, -0.1) is 11.3 Å². The van der Waals surface area contributed by atoms with Gasteiger partial charge in [0.15, 0.2) is 0 Å². The topological polar surface area (TPSA) is 33.1 Å². The molecule has 146 valence electrons. The third kappa shape index (κ3) is 3.71. The fourth-order valence-electron chi connectivity index (χ4n) is 3.48. The van der Waals surface area contributed by atoms with E-state index < -0.39 is 6.10 Å². The second-order valence-corrected chi connectivity index (χ2v) is 7.88. The highest BCUT2D eigenvalue weighted by Gasteiger charge is 2.25. The van der Waals surface area contributed by atoms with Gasteiger partial charge in [-0.3, -0.25) is 4.98 Å². The Balaban J connectivity index is 1.99. The normalized spacial score (nSPS) is 12.2. The van der Waals surface area contributed by atoms with E-state index in [0.717, 1.165) is 21.6 Å². The second-order valence-electron chi connectivity index (χ2n) is 7.00. The van der Waals surface area contributed by atoms with E-state index in [9.17, 15) is 13.9 Å². The van der Waals surface area contributed by atoms with Crippen LogP contribution in [-0.4, -0.2) is 10.1 Å². The standard InChI is InChI=1S/C24H19F2NOS/c1-14-5-7-17(25)10-19(14)21-13-29-24(20-11-18(26)8-6-15(20)2)22(21)23(28)16-4-3-9-27-12-16/h3-13,23,28H,1-2H3. The molecule has 2 aromatic carbocycles. The zero-order chi connectivity index (χ0) is 20.5. The van der Waals surface area contributed by atoms with Gasteiger partial charge in [0.1, 0.15) is 17.7 Å². The van der Waals surface area contributed by atoms with Crippen LogP contribution in [0.2, 0.25) is 0 Å². The molecule has 0 bridgehead atoms. The number of pyridine rings is 1. The van der Waals surface area contributed by atoms with Gasteiger partial charge in [-0.05, 0) is 77.4 Å². The molecule has 0 fully saturated rings. The Hall–Kier alpha value is -2.89. The summed E-state index contributed by atoms with van der Waals surface area (Å²) in [5, 5.41) is 13.2. The van der Waals surface area contributed by atoms with Crippen molar-refractivity contribution >= 4 is 11.3 Å². The Morgan fingerprint density at radius 1 is 0.897 bits per heavy atom. The molecule has 1 atom stereocenters. The fourth-order valence-corrected chi connectivity index (χ4v) is 4.67. The van der Waals surface area contributed by atoms with Crippen molar-refractivity contribution in [2.24, 2.45) is 0 Å². The predicted molar refractivity (Wildman–Crippen MR) is 113 cm³/mol. The Morgan fingerprint density at radius 3 is 2.21 bits per heavy atom. The molecule has 5 heteroatoms. The summed E-state index contributed by atoms with van der Waals surface area (Å²) in [4.78, 5) is 4.87. The number of thiophene rings is 1. The van der Waals surface area contributed by atoms with Gasteiger partial charge in [0, 0.05) is 28.4 Å². The smallest absolute Gasteiger partial charge is 0.123 e. The molecule has 1 N–H and O–H groups in total. The van der Waals surface area contributed by atoms with Gasteiger partial charge in [0.25, 0.3) is 0 Å². The molecular formula is C24H19F2NOS. The molecule has 2 aromatic heterocycles. The molecule has 0 amide bonds. The number of rotatable bonds is 4. The van der Waals surface area contributed by atoms with Crippen molar-refractivity contribution in [2.45, 2.75) is 20.0 Å². The van der Waals surface area contributed by atoms with E-state index in [1.165, 1.54) is 35.6 Å². The molecule has 1 unspecified atom stereocenters. The molecule has 0 radical (unpaired) electrons. The van der Waals surface area contributed by atoms with E-state index in [2.05, 4.69) is 4.98 Å². The maximum absolute atomic E-state index is 14.0. The van der Waals surface area contributed by atoms with Crippen LogP contribution in [0.3, 0.4) is 0 Å². The molecule has 0 spiro atoms. The quantitative estimate of drug-likeness (QED) is 0.421. The van der Waals surface area contributed by atoms with Crippen molar-refractivity contribution in [3.63, 3.8) is 0 Å². The van der Waals surface area contributed by atoms with Crippen LogP contribution in [0.25, 0.3) is 21.6 Å². The predicted octanol–water partition coefficient (Wildman–Crippen LogP) is 6.45. The van der Waals surface area contributed by atoms with Crippen LogP contribution in [0, 0.1) is 25.5 Å². The molecule has 0 aliphatic rings. The summed E-state index contributed by atoms with van der Waals surface area (Å²) in [7, 11) is 0. The van der Waals surface area contributed by atoms with E-state index in [1.54, 1.807) is 36.7 Å². The highest BCUT2D eigenvalue weighted by Crippen LogP contribution is 2.45. The molecule has 2 nitrogen and oxygen atoms in total. The maximum Gasteiger partial charge on any atom is 0.123 e. The van der Waals surface area contributed by atoms with E-state index in [1.807, 2.05) is 19.2 Å². The van der Waals surface area contributed by atoms with Crippen molar-refractivity contribution in [1.29, 1.82) is 0 Å². The molecule has 0 saturated carbocycles. The largest absolute Gasteiger partial charge is 0.384 e. The first-order chi connectivity index (χ1) is 14.0. The summed E-state index contributed by atoms with van der Waals surface area (Å²) in [5.74, 6) is -0.689. The lowest BCUT2D eigenvalue weighted by molar-refractivity contribution is 0.221. The van der Waals surface area contributed by atoms with E-state index in [4.69, 9.17) is 0 Å². The van der Waals surface area contributed by atoms with Gasteiger partial charge in [-0.1, -0.05) is 18.2 Å². The van der Waals surface area contributed by atoms with Crippen LogP contribution in [0.15, 0.2) is 66.3 Å². The molecule has 2 heterocycles. The van der Waals surface area contributed by atoms with Gasteiger partial charge in [0.05, 0.1) is 0 Å². The van der Waals surface area contributed by atoms with Crippen molar-refractivity contribution in [1.82, 2.24) is 4.98 Å². The first kappa shape index (κ1) is 19.4. The first-order valence-corrected chi connectivity index (χ1v) is 10.1. The van der Waals surface area contributed by atoms with Crippen LogP contribution in [0.5, 0.6) is 0 Å². The zero-order valence-corrected chi connectivity index (χ0v) is 16.8. The fraction of sp³-hybridized carbons (Fsp3) is 0.125. The average molecular weight is 407 g/mol. The molecule has 0 saturated heterocycles. The number of aryl methyl sites for hydroxylation is 2. The number of nitrogens with zero attached hydrogens (tertiary/aromatic N) is 1. The number of hydrogen-bond acceptors (Lipinski definition) is 3. The number of aliphatic hydroxyl groups is 1. The van der Waals surface area contributed by atoms with Gasteiger partial charge in [-0.25, -0.2) is 8.78 Å². The van der Waals surface area contributed by atoms with Crippen molar-refractivity contribution in [3.05, 3.63) is 100 Å². The average Bonchev–Trinajstić information content (AvgIpc) is 3.16. The molecule has 4 rings (SSSR count). The number of benzene rings is 2. The van der Waals surface area contributed by atoms with E-state index in [-0.39, 0.29) is 11.6 Å². The minimum absolute atomic E-state index is 0.343. The van der Waals surface area contributed by atoms with Gasteiger partial charge < -0.3 is 5.11 Å². The third-order valence-electron chi connectivity index (χ3n) is 5.04. The lowest BCUT2D eigenvalue weighted by Gasteiger charge is -2.17. The van der Waals surface area contributed by atoms with Crippen LogP contribution in [0.4, 0.5) is 8.78 Å². The number of aromatic nitrogens is 1. The van der Waals surface area contributed by atoms with E-state index in [0.29, 0.717) is 22.3 Å². The van der Waals surface area contributed by atoms with Crippen LogP contribution in [0.1, 0.15) is 28.4 Å². The monoisotopic (exact) mass is 407 g/mol. The summed E-state index contributed by atoms with van der Waals surface area (Å²) in [6.45, 7) is 3.81. The minimum atomic E-state index is -0.981. The highest BCUT2D eigenvalue weighted by atomic mass is 32.1. The maximum atomic E-state index is 14.0. The molecule has 0 aliphatic heterocycles. The zero-order valence-electron chi connectivity index (χ0n) is 16.0. The molecule has 4 aromatic rings. The first-order valence-electron chi connectivity index (χ1n) is 9.18. The summed E-state index contributed by atoms with van der Waals surface area (Å²) < 4.78 is 28.0. The Bertz CT molecular complexity index is 1100. The summed E-state index contributed by atoms with van der Waals surface area (Å²) >= 11 is 1.42. The number of halogens is 2. The summed E-state index contributed by atoms with van der Waals surface area (Å²) in [6.07, 6.45) is 2.26. The summed E-state index contributed by atoms with van der Waals surface area (Å²) in [6, 6.07) is 12.8. The number of aliphatic hydroxyl groups excluding tert-OH is 1. The van der Waals surface area contributed by atoms with Crippen molar-refractivity contribution < 1.29 is 13.9 Å². The Morgan fingerprint density at radius 2 is 1.55 bits per heavy atom. The third-order valence-corrected chi connectivity index (χ3v) is 6.07. The second kappa shape index (κ2) is 7.85. The van der Waals surface area contributed by atoms with Gasteiger partial charge in [0.2, 0.25) is 0 Å². The lowest BCUT2D eigenvalue weighted by atomic mass is 9.90. The van der Waals surface area contributed by atoms with E-state index >= 15 is 0 Å². The van der Waals surface area contributed by atoms with Crippen molar-refractivity contribution in [3.8, 4) is 21.6 Å². The van der Waals surface area contributed by atoms with Crippen LogP contribution >= 0.6 is 11.3 Å². The molecular weight excluding hydrogens is 388 g/mol. The SMILES string of the molecule is Cc1ccc(F)cc1-c1csc(-c2cc(F)ccc2C)c1C(O)c1cccnc1.